The van der Waals surface area contributed by atoms with Crippen LogP contribution in [0, 0.1) is 0 Å². The number of carbonyl (C=O) groups excluding carboxylic acids is 1. The maximum Gasteiger partial charge on any atom is 0.196 e. The topological polar surface area (TPSA) is 43.1 Å². The summed E-state index contributed by atoms with van der Waals surface area (Å²) in [5, 5.41) is 1.12. The number of carbonyl (C=O) groups is 1. The summed E-state index contributed by atoms with van der Waals surface area (Å²) in [6.45, 7) is 0. The molecule has 0 bridgehead atoms. The fraction of sp³-hybridized carbons (Fsp3) is 0. The third-order valence-electron chi connectivity index (χ3n) is 1.30. The molecule has 0 spiro atoms. The first kappa shape index (κ1) is 7.88. The smallest absolute Gasteiger partial charge is 0.196 e. The lowest BCUT2D eigenvalue weighted by atomic mass is 10.1. The Morgan fingerprint density at radius 3 is 2.36 bits per heavy atom. The molecular weight excluding hydrogens is 158 g/mol. The van der Waals surface area contributed by atoms with Crippen LogP contribution in [0.15, 0.2) is 24.3 Å². The van der Waals surface area contributed by atoms with E-state index in [0.717, 1.165) is 5.37 Å². The van der Waals surface area contributed by atoms with Gasteiger partial charge in [-0.3, -0.25) is 4.79 Å². The fourth-order valence-electron chi connectivity index (χ4n) is 0.715. The predicted octanol–water partition coefficient (Wildman–Crippen LogP) is 1.45. The van der Waals surface area contributed by atoms with Crippen molar-refractivity contribution in [3.8, 4) is 0 Å². The van der Waals surface area contributed by atoms with Gasteiger partial charge in [0.05, 0.1) is 0 Å². The summed E-state index contributed by atoms with van der Waals surface area (Å²) in [6, 6.07) is 6.65. The van der Waals surface area contributed by atoms with Crippen molar-refractivity contribution in [1.29, 1.82) is 0 Å². The normalized spacial score (nSPS) is 9.09. The van der Waals surface area contributed by atoms with Gasteiger partial charge in [0.25, 0.3) is 0 Å². The second-order valence-corrected chi connectivity index (χ2v) is 2.34. The molecule has 56 valence electrons. The van der Waals surface area contributed by atoms with E-state index in [2.05, 4.69) is 12.2 Å². The van der Waals surface area contributed by atoms with Gasteiger partial charge in [0.15, 0.2) is 5.78 Å². The third kappa shape index (κ3) is 1.85. The summed E-state index contributed by atoms with van der Waals surface area (Å²) in [4.78, 5) is 10.9. The highest BCUT2D eigenvalue weighted by molar-refractivity contribution is 7.80. The average molecular weight is 165 g/mol. The van der Waals surface area contributed by atoms with Crippen LogP contribution in [0.25, 0.3) is 0 Å². The molecule has 0 saturated heterocycles. The molecule has 0 aliphatic heterocycles. The molecule has 0 aliphatic rings. The van der Waals surface area contributed by atoms with Crippen molar-refractivity contribution in [2.24, 2.45) is 0 Å². The molecule has 0 amide bonds. The summed E-state index contributed by atoms with van der Waals surface area (Å²) in [6.07, 6.45) is 0. The van der Waals surface area contributed by atoms with Gasteiger partial charge >= 0.3 is 0 Å². The van der Waals surface area contributed by atoms with Crippen LogP contribution in [0.5, 0.6) is 0 Å². The second-order valence-electron chi connectivity index (χ2n) is 2.10. The molecule has 2 nitrogen and oxygen atoms in total. The third-order valence-corrected chi connectivity index (χ3v) is 1.52. The Morgan fingerprint density at radius 2 is 1.91 bits per heavy atom. The van der Waals surface area contributed by atoms with Gasteiger partial charge in [-0.1, -0.05) is 12.2 Å². The SMILES string of the molecule is Nc1ccc(C(=O)C=S)cc1. The van der Waals surface area contributed by atoms with Gasteiger partial charge in [-0.05, 0) is 24.3 Å². The van der Waals surface area contributed by atoms with Crippen LogP contribution in [-0.2, 0) is 0 Å². The standard InChI is InChI=1S/C8H7NOS/c9-7-3-1-6(2-4-7)8(10)5-11/h1-5H,9H2. The van der Waals surface area contributed by atoms with E-state index in [1.807, 2.05) is 0 Å². The van der Waals surface area contributed by atoms with Crippen molar-refractivity contribution in [3.05, 3.63) is 29.8 Å². The minimum Gasteiger partial charge on any atom is -0.399 e. The fourth-order valence-corrected chi connectivity index (χ4v) is 0.852. The summed E-state index contributed by atoms with van der Waals surface area (Å²) >= 11 is 4.48. The van der Waals surface area contributed by atoms with Crippen molar-refractivity contribution in [2.45, 2.75) is 0 Å². The molecule has 11 heavy (non-hydrogen) atoms. The Kier molecular flexibility index (Phi) is 2.33. The van der Waals surface area contributed by atoms with E-state index in [9.17, 15) is 4.79 Å². The molecule has 1 aromatic carbocycles. The maximum absolute atomic E-state index is 10.9. The van der Waals surface area contributed by atoms with Crippen LogP contribution in [0.1, 0.15) is 10.4 Å². The van der Waals surface area contributed by atoms with Crippen LogP contribution in [0.3, 0.4) is 0 Å². The lowest BCUT2D eigenvalue weighted by Gasteiger charge is -1.94. The Bertz CT molecular complexity index is 279. The van der Waals surface area contributed by atoms with Crippen molar-refractivity contribution in [1.82, 2.24) is 0 Å². The minimum absolute atomic E-state index is 0.153. The summed E-state index contributed by atoms with van der Waals surface area (Å²) in [5.41, 5.74) is 6.64. The quantitative estimate of drug-likeness (QED) is 0.410. The number of thiocarbonyl (C=S) groups is 1. The molecule has 2 N–H and O–H groups in total. The number of rotatable bonds is 2. The van der Waals surface area contributed by atoms with Crippen molar-refractivity contribution in [3.63, 3.8) is 0 Å². The second kappa shape index (κ2) is 3.25. The molecule has 0 saturated carbocycles. The molecule has 0 heterocycles. The highest BCUT2D eigenvalue weighted by Gasteiger charge is 1.98. The maximum atomic E-state index is 10.9. The van der Waals surface area contributed by atoms with Crippen LogP contribution in [0.2, 0.25) is 0 Å². The number of nitrogens with two attached hydrogens (primary N) is 1. The van der Waals surface area contributed by atoms with Crippen LogP contribution in [-0.4, -0.2) is 11.2 Å². The van der Waals surface area contributed by atoms with Gasteiger partial charge in [-0.2, -0.15) is 0 Å². The molecule has 1 aromatic rings. The van der Waals surface area contributed by atoms with Gasteiger partial charge in [-0.25, -0.2) is 0 Å². The van der Waals surface area contributed by atoms with Crippen LogP contribution in [0.4, 0.5) is 5.69 Å². The van der Waals surface area contributed by atoms with Gasteiger partial charge < -0.3 is 5.73 Å². The molecule has 0 aromatic heterocycles. The zero-order chi connectivity index (χ0) is 8.27. The molecule has 0 aliphatic carbocycles. The van der Waals surface area contributed by atoms with E-state index in [-0.39, 0.29) is 5.78 Å². The van der Waals surface area contributed by atoms with Crippen LogP contribution >= 0.6 is 12.2 Å². The molecule has 0 unspecified atom stereocenters. The Hall–Kier alpha value is -1.22. The highest BCUT2D eigenvalue weighted by atomic mass is 32.1. The zero-order valence-corrected chi connectivity index (χ0v) is 6.60. The zero-order valence-electron chi connectivity index (χ0n) is 5.78. The van der Waals surface area contributed by atoms with Gasteiger partial charge in [-0.15, -0.1) is 0 Å². The molecule has 0 radical (unpaired) electrons. The van der Waals surface area contributed by atoms with E-state index in [1.165, 1.54) is 0 Å². The first-order chi connectivity index (χ1) is 5.24. The summed E-state index contributed by atoms with van der Waals surface area (Å²) < 4.78 is 0. The monoisotopic (exact) mass is 165 g/mol. The van der Waals surface area contributed by atoms with E-state index < -0.39 is 0 Å². The van der Waals surface area contributed by atoms with E-state index in [1.54, 1.807) is 24.3 Å². The highest BCUT2D eigenvalue weighted by Crippen LogP contribution is 2.04. The number of hydrogen-bond acceptors (Lipinski definition) is 3. The average Bonchev–Trinajstić information content (AvgIpc) is 2.05. The van der Waals surface area contributed by atoms with Crippen molar-refractivity contribution < 1.29 is 4.79 Å². The van der Waals surface area contributed by atoms with Crippen LogP contribution < -0.4 is 5.73 Å². The number of ketones is 1. The first-order valence-corrected chi connectivity index (χ1v) is 3.56. The Balaban J connectivity index is 2.98. The number of hydrogen-bond donors (Lipinski definition) is 1. The number of Topliss-reactive ketones (excluding diaryl/α,β-unsaturated/α-hetero) is 1. The Morgan fingerprint density at radius 1 is 1.36 bits per heavy atom. The van der Waals surface area contributed by atoms with E-state index in [4.69, 9.17) is 5.73 Å². The molecule has 0 fully saturated rings. The molecule has 3 heteroatoms. The van der Waals surface area contributed by atoms with Gasteiger partial charge in [0, 0.05) is 16.6 Å². The van der Waals surface area contributed by atoms with Gasteiger partial charge in [0.2, 0.25) is 0 Å². The molecule has 0 atom stereocenters. The van der Waals surface area contributed by atoms with Crippen molar-refractivity contribution >= 4 is 29.1 Å². The summed E-state index contributed by atoms with van der Waals surface area (Å²) in [7, 11) is 0. The number of benzene rings is 1. The summed E-state index contributed by atoms with van der Waals surface area (Å²) in [5.74, 6) is -0.153. The molecular formula is C8H7NOS. The predicted molar refractivity (Wildman–Crippen MR) is 48.8 cm³/mol. The van der Waals surface area contributed by atoms with Crippen molar-refractivity contribution in [2.75, 3.05) is 5.73 Å². The lowest BCUT2D eigenvalue weighted by molar-refractivity contribution is 0.107. The minimum atomic E-state index is -0.153. The number of nitrogen functional groups attached to an aromatic ring is 1. The van der Waals surface area contributed by atoms with E-state index in [0.29, 0.717) is 11.3 Å². The Labute approximate surface area is 70.0 Å². The largest absolute Gasteiger partial charge is 0.399 e. The first-order valence-electron chi connectivity index (χ1n) is 3.09. The molecule has 1 rings (SSSR count). The number of anilines is 1. The van der Waals surface area contributed by atoms with E-state index >= 15 is 0 Å². The van der Waals surface area contributed by atoms with Gasteiger partial charge in [0.1, 0.15) is 0 Å². The lowest BCUT2D eigenvalue weighted by Crippen LogP contribution is -1.97.